The maximum atomic E-state index is 12.7. The topological polar surface area (TPSA) is 63.2 Å². The molecule has 0 aromatic carbocycles. The van der Waals surface area contributed by atoms with Gasteiger partial charge in [0.25, 0.3) is 0 Å². The number of alkyl halides is 7. The zero-order valence-corrected chi connectivity index (χ0v) is 9.30. The molecule has 0 aromatic rings. The number of halogens is 7. The van der Waals surface area contributed by atoms with Crippen LogP contribution in [0.5, 0.6) is 0 Å². The fraction of sp³-hybridized carbons (Fsp3) is 0.833. The van der Waals surface area contributed by atoms with Gasteiger partial charge in [-0.3, -0.25) is 4.79 Å². The predicted octanol–water partition coefficient (Wildman–Crippen LogP) is 1.63. The van der Waals surface area contributed by atoms with Gasteiger partial charge in [0.1, 0.15) is 0 Å². The largest absolute Gasteiger partial charge is 0.461 e. The Morgan fingerprint density at radius 1 is 1.06 bits per heavy atom. The molecule has 0 aliphatic heterocycles. The molecule has 0 aromatic heterocycles. The molecule has 1 N–H and O–H groups in total. The molecule has 12 heteroatoms. The average Bonchev–Trinajstić information content (AvgIpc) is 2.14. The summed E-state index contributed by atoms with van der Waals surface area (Å²) in [5, 5.41) is -6.51. The summed E-state index contributed by atoms with van der Waals surface area (Å²) in [4.78, 5) is 10.5. The van der Waals surface area contributed by atoms with Gasteiger partial charge in [0.05, 0.1) is 0 Å². The maximum absolute atomic E-state index is 12.7. The Kier molecular flexibility index (Phi) is 4.28. The normalized spacial score (nSPS) is 14.4. The van der Waals surface area contributed by atoms with Gasteiger partial charge in [0, 0.05) is 6.42 Å². The SMILES string of the molecule is CCC(=O)NS(=O)(=O)C(F)(F)C(F)(F)C(F)(F)F. The zero-order valence-electron chi connectivity index (χ0n) is 8.49. The first kappa shape index (κ1) is 16.9. The summed E-state index contributed by atoms with van der Waals surface area (Å²) in [5.41, 5.74) is 0. The molecule has 4 nitrogen and oxygen atoms in total. The molecule has 0 saturated carbocycles. The molecule has 0 fully saturated rings. The quantitative estimate of drug-likeness (QED) is 0.803. The minimum Gasteiger partial charge on any atom is -0.274 e. The van der Waals surface area contributed by atoms with Crippen LogP contribution in [0.25, 0.3) is 0 Å². The van der Waals surface area contributed by atoms with Gasteiger partial charge < -0.3 is 0 Å². The Labute approximate surface area is 96.2 Å². The number of nitrogens with one attached hydrogen (secondary N) is 1. The molecular weight excluding hydrogens is 299 g/mol. The van der Waals surface area contributed by atoms with Crippen molar-refractivity contribution in [2.75, 3.05) is 0 Å². The standard InChI is InChI=1S/C6H6F7NO3S/c1-2-3(15)14-18(16,17)6(12,13)4(7,8)5(9,10)11/h2H2,1H3,(H,14,15). The van der Waals surface area contributed by atoms with Crippen LogP contribution in [0.3, 0.4) is 0 Å². The van der Waals surface area contributed by atoms with Crippen molar-refractivity contribution in [1.82, 2.24) is 4.72 Å². The molecule has 0 heterocycles. The Morgan fingerprint density at radius 3 is 1.72 bits per heavy atom. The van der Waals surface area contributed by atoms with E-state index in [4.69, 9.17) is 0 Å². The fourth-order valence-corrected chi connectivity index (χ4v) is 1.65. The molecule has 0 saturated heterocycles. The second-order valence-electron chi connectivity index (χ2n) is 2.97. The van der Waals surface area contributed by atoms with Crippen LogP contribution in [0.15, 0.2) is 0 Å². The third kappa shape index (κ3) is 2.67. The molecule has 18 heavy (non-hydrogen) atoms. The van der Waals surface area contributed by atoms with Crippen molar-refractivity contribution in [1.29, 1.82) is 0 Å². The molecule has 1 amide bonds. The third-order valence-corrected chi connectivity index (χ3v) is 3.06. The fourth-order valence-electron chi connectivity index (χ4n) is 0.620. The van der Waals surface area contributed by atoms with Gasteiger partial charge in [-0.25, -0.2) is 4.72 Å². The first-order chi connectivity index (χ1) is 7.70. The summed E-state index contributed by atoms with van der Waals surface area (Å²) in [6.45, 7) is 0.977. The molecule has 0 bridgehead atoms. The smallest absolute Gasteiger partial charge is 0.274 e. The average molecular weight is 305 g/mol. The number of hydrogen-bond acceptors (Lipinski definition) is 3. The summed E-state index contributed by atoms with van der Waals surface area (Å²) < 4.78 is 107. The van der Waals surface area contributed by atoms with Gasteiger partial charge in [0.2, 0.25) is 5.91 Å². The molecule has 0 atom stereocenters. The number of rotatable bonds is 4. The number of amides is 1. The lowest BCUT2D eigenvalue weighted by Crippen LogP contribution is -2.59. The van der Waals surface area contributed by atoms with Crippen molar-refractivity contribution in [3.63, 3.8) is 0 Å². The molecule has 0 radical (unpaired) electrons. The van der Waals surface area contributed by atoms with E-state index in [1.807, 2.05) is 0 Å². The van der Waals surface area contributed by atoms with E-state index in [1.54, 1.807) is 0 Å². The van der Waals surface area contributed by atoms with Crippen molar-refractivity contribution in [2.24, 2.45) is 0 Å². The lowest BCUT2D eigenvalue weighted by Gasteiger charge is -2.27. The molecule has 108 valence electrons. The van der Waals surface area contributed by atoms with Crippen LogP contribution in [0.4, 0.5) is 30.7 Å². The van der Waals surface area contributed by atoms with Gasteiger partial charge in [-0.15, -0.1) is 0 Å². The maximum Gasteiger partial charge on any atom is 0.461 e. The molecule has 0 unspecified atom stereocenters. The van der Waals surface area contributed by atoms with Gasteiger partial charge >= 0.3 is 27.4 Å². The van der Waals surface area contributed by atoms with E-state index >= 15 is 0 Å². The van der Waals surface area contributed by atoms with Crippen molar-refractivity contribution in [2.45, 2.75) is 30.7 Å². The first-order valence-corrected chi connectivity index (χ1v) is 5.56. The highest BCUT2D eigenvalue weighted by Crippen LogP contribution is 2.48. The summed E-state index contributed by atoms with van der Waals surface area (Å²) in [7, 11) is -6.51. The Balaban J connectivity index is 5.59. The van der Waals surface area contributed by atoms with Crippen molar-refractivity contribution in [3.8, 4) is 0 Å². The van der Waals surface area contributed by atoms with Crippen LogP contribution in [-0.4, -0.2) is 31.7 Å². The van der Waals surface area contributed by atoms with Crippen LogP contribution >= 0.6 is 0 Å². The summed E-state index contributed by atoms with van der Waals surface area (Å²) in [6.07, 6.45) is -7.49. The van der Waals surface area contributed by atoms with E-state index < -0.39 is 39.7 Å². The van der Waals surface area contributed by atoms with Crippen LogP contribution in [0.1, 0.15) is 13.3 Å². The Morgan fingerprint density at radius 2 is 1.44 bits per heavy atom. The predicted molar refractivity (Wildman–Crippen MR) is 43.3 cm³/mol. The number of carbonyl (C=O) groups is 1. The van der Waals surface area contributed by atoms with Crippen LogP contribution < -0.4 is 4.72 Å². The highest BCUT2D eigenvalue weighted by Gasteiger charge is 2.79. The highest BCUT2D eigenvalue weighted by molar-refractivity contribution is 7.91. The monoisotopic (exact) mass is 305 g/mol. The number of hydrogen-bond donors (Lipinski definition) is 1. The van der Waals surface area contributed by atoms with E-state index in [0.717, 1.165) is 6.92 Å². The minimum absolute atomic E-state index is 0.428. The molecule has 0 rings (SSSR count). The van der Waals surface area contributed by atoms with Crippen molar-refractivity contribution < 1.29 is 43.9 Å². The van der Waals surface area contributed by atoms with E-state index in [0.29, 0.717) is 4.72 Å². The molecular formula is C6H6F7NO3S. The molecule has 0 spiro atoms. The zero-order chi connectivity index (χ0) is 15.0. The first-order valence-electron chi connectivity index (χ1n) is 4.08. The van der Waals surface area contributed by atoms with E-state index in [-0.39, 0.29) is 0 Å². The van der Waals surface area contributed by atoms with Gasteiger partial charge in [-0.05, 0) is 0 Å². The lowest BCUT2D eigenvalue weighted by atomic mass is 10.3. The van der Waals surface area contributed by atoms with Gasteiger partial charge in [0.15, 0.2) is 0 Å². The minimum atomic E-state index is -6.83. The molecule has 0 aliphatic rings. The van der Waals surface area contributed by atoms with Crippen LogP contribution in [0, 0.1) is 0 Å². The summed E-state index contributed by atoms with van der Waals surface area (Å²) in [5.74, 6) is -8.48. The summed E-state index contributed by atoms with van der Waals surface area (Å²) >= 11 is 0. The van der Waals surface area contributed by atoms with E-state index in [2.05, 4.69) is 0 Å². The second kappa shape index (κ2) is 4.55. The van der Waals surface area contributed by atoms with Gasteiger partial charge in [-0.1, -0.05) is 6.92 Å². The Bertz CT molecular complexity index is 427. The van der Waals surface area contributed by atoms with Crippen molar-refractivity contribution in [3.05, 3.63) is 0 Å². The lowest BCUT2D eigenvalue weighted by molar-refractivity contribution is -0.332. The van der Waals surface area contributed by atoms with Crippen molar-refractivity contribution >= 4 is 15.9 Å². The number of sulfonamides is 1. The van der Waals surface area contributed by atoms with E-state index in [1.165, 1.54) is 0 Å². The third-order valence-electron chi connectivity index (χ3n) is 1.63. The molecule has 0 aliphatic carbocycles. The van der Waals surface area contributed by atoms with Crippen LogP contribution in [-0.2, 0) is 14.8 Å². The van der Waals surface area contributed by atoms with E-state index in [9.17, 15) is 43.9 Å². The second-order valence-corrected chi connectivity index (χ2v) is 4.69. The highest BCUT2D eigenvalue weighted by atomic mass is 32.2. The number of carbonyl (C=O) groups excluding carboxylic acids is 1. The van der Waals surface area contributed by atoms with Crippen LogP contribution in [0.2, 0.25) is 0 Å². The summed E-state index contributed by atoms with van der Waals surface area (Å²) in [6, 6.07) is 0. The Hall–Kier alpha value is -1.07. The van der Waals surface area contributed by atoms with Gasteiger partial charge in [-0.2, -0.15) is 39.2 Å².